The molecule has 1 fully saturated rings. The largest absolute Gasteiger partial charge is 0.397 e. The summed E-state index contributed by atoms with van der Waals surface area (Å²) >= 11 is 0. The summed E-state index contributed by atoms with van der Waals surface area (Å²) in [5.74, 6) is -0.0483. The van der Waals surface area contributed by atoms with Crippen molar-refractivity contribution in [1.82, 2.24) is 4.90 Å². The molecule has 1 atom stereocenters. The first-order valence-electron chi connectivity index (χ1n) is 6.90. The quantitative estimate of drug-likeness (QED) is 0.825. The van der Waals surface area contributed by atoms with E-state index in [0.717, 1.165) is 13.1 Å². The lowest BCUT2D eigenvalue weighted by molar-refractivity contribution is -0.136. The highest BCUT2D eigenvalue weighted by atomic mass is 16.5. The highest BCUT2D eigenvalue weighted by Gasteiger charge is 2.31. The number of ether oxygens (including phenoxy) is 1. The molecule has 0 radical (unpaired) electrons. The fourth-order valence-electron chi connectivity index (χ4n) is 2.71. The fraction of sp³-hybridized carbons (Fsp3) is 0.533. The molecule has 0 spiro atoms. The van der Waals surface area contributed by atoms with Crippen LogP contribution in [0.25, 0.3) is 0 Å². The van der Waals surface area contributed by atoms with Gasteiger partial charge in [0.15, 0.2) is 0 Å². The van der Waals surface area contributed by atoms with Crippen molar-refractivity contribution in [3.8, 4) is 0 Å². The first-order valence-corrected chi connectivity index (χ1v) is 6.90. The third-order valence-corrected chi connectivity index (χ3v) is 3.24. The molecule has 110 valence electrons. The predicted molar refractivity (Wildman–Crippen MR) is 80.6 cm³/mol. The molecule has 1 aromatic rings. The number of para-hydroxylation sites is 2. The van der Waals surface area contributed by atoms with Gasteiger partial charge in [0.1, 0.15) is 0 Å². The second-order valence-electron chi connectivity index (χ2n) is 5.99. The van der Waals surface area contributed by atoms with Crippen molar-refractivity contribution in [2.24, 2.45) is 0 Å². The Morgan fingerprint density at radius 3 is 2.85 bits per heavy atom. The number of anilines is 2. The van der Waals surface area contributed by atoms with Crippen LogP contribution in [0.15, 0.2) is 24.3 Å². The van der Waals surface area contributed by atoms with E-state index in [9.17, 15) is 4.79 Å². The average Bonchev–Trinajstić information content (AvgIpc) is 2.29. The van der Waals surface area contributed by atoms with Crippen LogP contribution in [0.1, 0.15) is 20.8 Å². The minimum atomic E-state index is -0.219. The first kappa shape index (κ1) is 14.8. The number of carbonyl (C=O) groups is 1. The Kier molecular flexibility index (Phi) is 4.30. The van der Waals surface area contributed by atoms with Gasteiger partial charge < -0.3 is 15.8 Å². The van der Waals surface area contributed by atoms with Crippen LogP contribution in [-0.4, -0.2) is 42.1 Å². The van der Waals surface area contributed by atoms with Gasteiger partial charge in [0.2, 0.25) is 5.91 Å². The maximum atomic E-state index is 12.1. The number of nitrogens with zero attached hydrogens (tertiary/aromatic N) is 1. The van der Waals surface area contributed by atoms with Gasteiger partial charge in [-0.3, -0.25) is 9.69 Å². The van der Waals surface area contributed by atoms with E-state index in [-0.39, 0.29) is 17.6 Å². The van der Waals surface area contributed by atoms with Gasteiger partial charge in [-0.2, -0.15) is 0 Å². The summed E-state index contributed by atoms with van der Waals surface area (Å²) in [5.41, 5.74) is 6.85. The van der Waals surface area contributed by atoms with Gasteiger partial charge in [-0.15, -0.1) is 0 Å². The molecular weight excluding hydrogens is 254 g/mol. The molecule has 5 heteroatoms. The van der Waals surface area contributed by atoms with Crippen LogP contribution in [0.3, 0.4) is 0 Å². The van der Waals surface area contributed by atoms with Crippen molar-refractivity contribution in [3.05, 3.63) is 24.3 Å². The van der Waals surface area contributed by atoms with E-state index in [0.29, 0.717) is 17.9 Å². The van der Waals surface area contributed by atoms with Crippen molar-refractivity contribution >= 4 is 17.3 Å². The Morgan fingerprint density at radius 1 is 1.50 bits per heavy atom. The maximum Gasteiger partial charge on any atom is 0.238 e. The summed E-state index contributed by atoms with van der Waals surface area (Å²) in [6, 6.07) is 7.28. The van der Waals surface area contributed by atoms with Crippen LogP contribution >= 0.6 is 0 Å². The van der Waals surface area contributed by atoms with Gasteiger partial charge in [0.25, 0.3) is 0 Å². The van der Waals surface area contributed by atoms with Crippen LogP contribution in [0.5, 0.6) is 0 Å². The Labute approximate surface area is 120 Å². The number of nitrogen functional groups attached to an aromatic ring is 1. The molecule has 2 rings (SSSR count). The van der Waals surface area contributed by atoms with E-state index >= 15 is 0 Å². The van der Waals surface area contributed by atoms with E-state index in [1.165, 1.54) is 0 Å². The zero-order valence-corrected chi connectivity index (χ0v) is 12.3. The van der Waals surface area contributed by atoms with Gasteiger partial charge in [0.05, 0.1) is 29.6 Å². The molecule has 20 heavy (non-hydrogen) atoms. The van der Waals surface area contributed by atoms with Crippen molar-refractivity contribution < 1.29 is 9.53 Å². The number of nitrogens with one attached hydrogen (secondary N) is 1. The number of hydrogen-bond donors (Lipinski definition) is 2. The molecule has 1 saturated heterocycles. The Hall–Kier alpha value is -1.59. The summed E-state index contributed by atoms with van der Waals surface area (Å²) in [6.07, 6.45) is 0.133. The normalized spacial score (nSPS) is 22.4. The highest BCUT2D eigenvalue weighted by Crippen LogP contribution is 2.21. The topological polar surface area (TPSA) is 67.6 Å². The molecule has 5 nitrogen and oxygen atoms in total. The molecule has 1 amide bonds. The standard InChI is InChI=1S/C15H23N3O2/c1-11-8-18(10-15(2,3)20-11)9-14(19)17-13-7-5-4-6-12(13)16/h4-7,11H,8-10,16H2,1-3H3,(H,17,19). The van der Waals surface area contributed by atoms with Gasteiger partial charge in [-0.05, 0) is 32.9 Å². The first-order chi connectivity index (χ1) is 9.35. The van der Waals surface area contributed by atoms with Crippen LogP contribution in [0.4, 0.5) is 11.4 Å². The lowest BCUT2D eigenvalue weighted by Gasteiger charge is -2.41. The molecule has 1 unspecified atom stereocenters. The Morgan fingerprint density at radius 2 is 2.20 bits per heavy atom. The predicted octanol–water partition coefficient (Wildman–Crippen LogP) is 1.71. The molecule has 1 aromatic carbocycles. The van der Waals surface area contributed by atoms with Gasteiger partial charge in [-0.1, -0.05) is 12.1 Å². The van der Waals surface area contributed by atoms with Crippen LogP contribution in [0.2, 0.25) is 0 Å². The highest BCUT2D eigenvalue weighted by molar-refractivity contribution is 5.95. The summed E-state index contributed by atoms with van der Waals surface area (Å²) in [6.45, 7) is 7.98. The Bertz CT molecular complexity index is 488. The fourth-order valence-corrected chi connectivity index (χ4v) is 2.71. The van der Waals surface area contributed by atoms with Crippen LogP contribution < -0.4 is 11.1 Å². The zero-order valence-electron chi connectivity index (χ0n) is 12.3. The van der Waals surface area contributed by atoms with Crippen molar-refractivity contribution in [2.75, 3.05) is 30.7 Å². The lowest BCUT2D eigenvalue weighted by Crippen LogP contribution is -2.53. The second-order valence-corrected chi connectivity index (χ2v) is 5.99. The number of carbonyl (C=O) groups excluding carboxylic acids is 1. The smallest absolute Gasteiger partial charge is 0.238 e. The SMILES string of the molecule is CC1CN(CC(=O)Nc2ccccc2N)CC(C)(C)O1. The van der Waals surface area contributed by atoms with Crippen LogP contribution in [-0.2, 0) is 9.53 Å². The number of hydrogen-bond acceptors (Lipinski definition) is 4. The second kappa shape index (κ2) is 5.81. The zero-order chi connectivity index (χ0) is 14.8. The van der Waals surface area contributed by atoms with Crippen LogP contribution in [0, 0.1) is 0 Å². The summed E-state index contributed by atoms with van der Waals surface area (Å²) in [4.78, 5) is 14.2. The minimum absolute atomic E-state index is 0.0483. The minimum Gasteiger partial charge on any atom is -0.397 e. The average molecular weight is 277 g/mol. The van der Waals surface area contributed by atoms with Gasteiger partial charge in [0, 0.05) is 13.1 Å². The number of amides is 1. The summed E-state index contributed by atoms with van der Waals surface area (Å²) < 4.78 is 5.83. The molecule has 0 saturated carbocycles. The molecule has 0 aromatic heterocycles. The van der Waals surface area contributed by atoms with Crippen molar-refractivity contribution in [3.63, 3.8) is 0 Å². The van der Waals surface area contributed by atoms with Crippen molar-refractivity contribution in [1.29, 1.82) is 0 Å². The number of nitrogens with two attached hydrogens (primary N) is 1. The van der Waals surface area contributed by atoms with Crippen molar-refractivity contribution in [2.45, 2.75) is 32.5 Å². The molecule has 1 aliphatic heterocycles. The lowest BCUT2D eigenvalue weighted by atomic mass is 10.1. The van der Waals surface area contributed by atoms with E-state index in [1.54, 1.807) is 12.1 Å². The molecule has 0 aliphatic carbocycles. The molecule has 1 aliphatic rings. The van der Waals surface area contributed by atoms with E-state index in [1.807, 2.05) is 32.9 Å². The molecular formula is C15H23N3O2. The summed E-state index contributed by atoms with van der Waals surface area (Å²) in [7, 11) is 0. The van der Waals surface area contributed by atoms with E-state index < -0.39 is 0 Å². The Balaban J connectivity index is 1.93. The molecule has 3 N–H and O–H groups in total. The third-order valence-electron chi connectivity index (χ3n) is 3.24. The van der Waals surface area contributed by atoms with Gasteiger partial charge in [-0.25, -0.2) is 0 Å². The number of rotatable bonds is 3. The van der Waals surface area contributed by atoms with E-state index in [4.69, 9.17) is 10.5 Å². The maximum absolute atomic E-state index is 12.1. The number of morpholine rings is 1. The molecule has 0 bridgehead atoms. The summed E-state index contributed by atoms with van der Waals surface area (Å²) in [5, 5.41) is 2.85. The molecule has 1 heterocycles. The monoisotopic (exact) mass is 277 g/mol. The van der Waals surface area contributed by atoms with Gasteiger partial charge >= 0.3 is 0 Å². The van der Waals surface area contributed by atoms with E-state index in [2.05, 4.69) is 10.2 Å². The number of benzene rings is 1. The third kappa shape index (κ3) is 3.95.